The van der Waals surface area contributed by atoms with E-state index in [-0.39, 0.29) is 17.5 Å². The lowest BCUT2D eigenvalue weighted by Gasteiger charge is -2.20. The summed E-state index contributed by atoms with van der Waals surface area (Å²) in [5.74, 6) is 0.0703. The second-order valence-electron chi connectivity index (χ2n) is 6.02. The number of carbonyl (C=O) groups excluding carboxylic acids is 1. The van der Waals surface area contributed by atoms with Crippen LogP contribution in [0.1, 0.15) is 33.3 Å². The number of rotatable bonds is 7. The summed E-state index contributed by atoms with van der Waals surface area (Å²) < 4.78 is 0. The van der Waals surface area contributed by atoms with Gasteiger partial charge in [-0.05, 0) is 36.1 Å². The maximum Gasteiger partial charge on any atom is 0.269 e. The molecule has 1 heterocycles. The van der Waals surface area contributed by atoms with Gasteiger partial charge in [0.25, 0.3) is 5.69 Å². The number of hydrogen-bond donors (Lipinski definition) is 1. The Labute approximate surface area is 155 Å². The van der Waals surface area contributed by atoms with E-state index in [2.05, 4.69) is 5.32 Å². The SMILES string of the molecule is Cc1cccc(C(CC(=O)c2cccs2)Nc2ccc([N+](=O)[O-])cc2)c1. The summed E-state index contributed by atoms with van der Waals surface area (Å²) in [5.41, 5.74) is 2.90. The van der Waals surface area contributed by atoms with Crippen LogP contribution in [-0.2, 0) is 0 Å². The van der Waals surface area contributed by atoms with Crippen molar-refractivity contribution in [1.29, 1.82) is 0 Å². The van der Waals surface area contributed by atoms with Crippen LogP contribution in [-0.4, -0.2) is 10.7 Å². The third-order valence-corrected chi connectivity index (χ3v) is 4.96. The van der Waals surface area contributed by atoms with Crippen LogP contribution in [0.25, 0.3) is 0 Å². The number of carbonyl (C=O) groups is 1. The minimum absolute atomic E-state index is 0.0392. The number of nitro groups is 1. The van der Waals surface area contributed by atoms with Crippen molar-refractivity contribution in [3.05, 3.63) is 92.2 Å². The standard InChI is InChI=1S/C20H18N2O3S/c1-14-4-2-5-15(12-14)18(13-19(23)20-6-3-11-26-20)21-16-7-9-17(10-8-16)22(24)25/h2-12,18,21H,13H2,1H3. The van der Waals surface area contributed by atoms with Gasteiger partial charge in [-0.2, -0.15) is 0 Å². The summed E-state index contributed by atoms with van der Waals surface area (Å²) in [7, 11) is 0. The summed E-state index contributed by atoms with van der Waals surface area (Å²) >= 11 is 1.43. The monoisotopic (exact) mass is 366 g/mol. The average molecular weight is 366 g/mol. The highest BCUT2D eigenvalue weighted by Gasteiger charge is 2.18. The molecule has 132 valence electrons. The highest BCUT2D eigenvalue weighted by Crippen LogP contribution is 2.27. The second kappa shape index (κ2) is 7.93. The Morgan fingerprint density at radius 1 is 1.15 bits per heavy atom. The number of benzene rings is 2. The first-order valence-electron chi connectivity index (χ1n) is 8.17. The number of anilines is 1. The quantitative estimate of drug-likeness (QED) is 0.346. The summed E-state index contributed by atoms with van der Waals surface area (Å²) in [6.07, 6.45) is 0.307. The Hall–Kier alpha value is -2.99. The van der Waals surface area contributed by atoms with Gasteiger partial charge in [0.1, 0.15) is 0 Å². The molecule has 0 saturated heterocycles. The number of ketones is 1. The number of nitrogens with one attached hydrogen (secondary N) is 1. The van der Waals surface area contributed by atoms with Gasteiger partial charge in [-0.25, -0.2) is 0 Å². The molecule has 0 spiro atoms. The zero-order valence-corrected chi connectivity index (χ0v) is 15.0. The number of Topliss-reactive ketones (excluding diaryl/α,β-unsaturated/α-hetero) is 1. The lowest BCUT2D eigenvalue weighted by Crippen LogP contribution is -2.15. The van der Waals surface area contributed by atoms with Gasteiger partial charge in [0.05, 0.1) is 15.8 Å². The van der Waals surface area contributed by atoms with Crippen LogP contribution in [0.4, 0.5) is 11.4 Å². The summed E-state index contributed by atoms with van der Waals surface area (Å²) in [6.45, 7) is 2.01. The molecule has 1 N–H and O–H groups in total. The molecular weight excluding hydrogens is 348 g/mol. The van der Waals surface area contributed by atoms with E-state index < -0.39 is 4.92 Å². The molecule has 0 amide bonds. The molecule has 0 bridgehead atoms. The van der Waals surface area contributed by atoms with E-state index >= 15 is 0 Å². The number of thiophene rings is 1. The highest BCUT2D eigenvalue weighted by atomic mass is 32.1. The van der Waals surface area contributed by atoms with Crippen molar-refractivity contribution in [2.45, 2.75) is 19.4 Å². The molecule has 5 nitrogen and oxygen atoms in total. The van der Waals surface area contributed by atoms with Crippen LogP contribution in [0.2, 0.25) is 0 Å². The summed E-state index contributed by atoms with van der Waals surface area (Å²) in [4.78, 5) is 23.7. The Morgan fingerprint density at radius 3 is 2.54 bits per heavy atom. The van der Waals surface area contributed by atoms with Crippen molar-refractivity contribution in [2.24, 2.45) is 0 Å². The van der Waals surface area contributed by atoms with E-state index in [1.165, 1.54) is 23.5 Å². The molecule has 1 atom stereocenters. The average Bonchev–Trinajstić information content (AvgIpc) is 3.16. The van der Waals surface area contributed by atoms with E-state index in [9.17, 15) is 14.9 Å². The third kappa shape index (κ3) is 4.34. The van der Waals surface area contributed by atoms with Gasteiger partial charge in [0.2, 0.25) is 0 Å². The maximum absolute atomic E-state index is 12.6. The first-order valence-corrected chi connectivity index (χ1v) is 9.05. The molecule has 0 aliphatic rings. The molecule has 1 aromatic heterocycles. The van der Waals surface area contributed by atoms with E-state index in [0.717, 1.165) is 21.7 Å². The molecule has 0 aliphatic heterocycles. The van der Waals surface area contributed by atoms with E-state index in [1.54, 1.807) is 12.1 Å². The molecule has 2 aromatic carbocycles. The predicted molar refractivity (Wildman–Crippen MR) is 104 cm³/mol. The van der Waals surface area contributed by atoms with Crippen LogP contribution < -0.4 is 5.32 Å². The Bertz CT molecular complexity index is 905. The first-order chi connectivity index (χ1) is 12.5. The van der Waals surface area contributed by atoms with Gasteiger partial charge in [-0.15, -0.1) is 11.3 Å². The number of hydrogen-bond acceptors (Lipinski definition) is 5. The minimum atomic E-state index is -0.428. The zero-order chi connectivity index (χ0) is 18.5. The Morgan fingerprint density at radius 2 is 1.92 bits per heavy atom. The van der Waals surface area contributed by atoms with Crippen molar-refractivity contribution in [1.82, 2.24) is 0 Å². The maximum atomic E-state index is 12.6. The highest BCUT2D eigenvalue weighted by molar-refractivity contribution is 7.12. The van der Waals surface area contributed by atoms with Crippen molar-refractivity contribution >= 4 is 28.5 Å². The van der Waals surface area contributed by atoms with Gasteiger partial charge in [-0.1, -0.05) is 35.9 Å². The van der Waals surface area contributed by atoms with Crippen molar-refractivity contribution in [3.63, 3.8) is 0 Å². The summed E-state index contributed by atoms with van der Waals surface area (Å²) in [6, 6.07) is 17.7. The van der Waals surface area contributed by atoms with Crippen LogP contribution in [0, 0.1) is 17.0 Å². The molecular formula is C20H18N2O3S. The smallest absolute Gasteiger partial charge is 0.269 e. The fourth-order valence-electron chi connectivity index (χ4n) is 2.74. The number of aryl methyl sites for hydroxylation is 1. The fourth-order valence-corrected chi connectivity index (χ4v) is 3.42. The first kappa shape index (κ1) is 17.8. The van der Waals surface area contributed by atoms with Crippen LogP contribution in [0.15, 0.2) is 66.0 Å². The van der Waals surface area contributed by atoms with E-state index in [0.29, 0.717) is 6.42 Å². The Balaban J connectivity index is 1.84. The molecule has 0 saturated carbocycles. The zero-order valence-electron chi connectivity index (χ0n) is 14.2. The summed E-state index contributed by atoms with van der Waals surface area (Å²) in [5, 5.41) is 16.0. The van der Waals surface area contributed by atoms with Gasteiger partial charge >= 0.3 is 0 Å². The number of non-ortho nitro benzene ring substituents is 1. The molecule has 1 unspecified atom stereocenters. The van der Waals surface area contributed by atoms with E-state index in [1.807, 2.05) is 48.7 Å². The molecule has 0 aliphatic carbocycles. The third-order valence-electron chi connectivity index (χ3n) is 4.05. The lowest BCUT2D eigenvalue weighted by molar-refractivity contribution is -0.384. The number of nitrogens with zero attached hydrogens (tertiary/aromatic N) is 1. The molecule has 26 heavy (non-hydrogen) atoms. The Kier molecular flexibility index (Phi) is 5.43. The topological polar surface area (TPSA) is 72.2 Å². The van der Waals surface area contributed by atoms with Gasteiger partial charge in [0, 0.05) is 24.2 Å². The number of nitro benzene ring substituents is 1. The van der Waals surface area contributed by atoms with Crippen molar-refractivity contribution in [3.8, 4) is 0 Å². The minimum Gasteiger partial charge on any atom is -0.378 e. The molecule has 0 fully saturated rings. The van der Waals surface area contributed by atoms with Crippen LogP contribution >= 0.6 is 11.3 Å². The predicted octanol–water partition coefficient (Wildman–Crippen LogP) is 5.39. The molecule has 0 radical (unpaired) electrons. The van der Waals surface area contributed by atoms with Crippen molar-refractivity contribution in [2.75, 3.05) is 5.32 Å². The van der Waals surface area contributed by atoms with Gasteiger partial charge < -0.3 is 5.32 Å². The molecule has 3 rings (SSSR count). The molecule has 6 heteroatoms. The van der Waals surface area contributed by atoms with Gasteiger partial charge in [-0.3, -0.25) is 14.9 Å². The largest absolute Gasteiger partial charge is 0.378 e. The fraction of sp³-hybridized carbons (Fsp3) is 0.150. The molecule has 3 aromatic rings. The normalized spacial score (nSPS) is 11.7. The van der Waals surface area contributed by atoms with Crippen LogP contribution in [0.3, 0.4) is 0 Å². The van der Waals surface area contributed by atoms with Crippen LogP contribution in [0.5, 0.6) is 0 Å². The van der Waals surface area contributed by atoms with Gasteiger partial charge in [0.15, 0.2) is 5.78 Å². The van der Waals surface area contributed by atoms with E-state index in [4.69, 9.17) is 0 Å². The second-order valence-corrected chi connectivity index (χ2v) is 6.97. The lowest BCUT2D eigenvalue weighted by atomic mass is 9.98. The van der Waals surface area contributed by atoms with Crippen molar-refractivity contribution < 1.29 is 9.72 Å².